The van der Waals surface area contributed by atoms with Crippen LogP contribution in [0.5, 0.6) is 0 Å². The van der Waals surface area contributed by atoms with Gasteiger partial charge in [0, 0.05) is 6.92 Å². The minimum Gasteiger partial charge on any atom is -0.384 e. The van der Waals surface area contributed by atoms with Crippen molar-refractivity contribution in [3.05, 3.63) is 0 Å². The molecule has 0 aromatic rings. The summed E-state index contributed by atoms with van der Waals surface area (Å²) in [4.78, 5) is 10.1. The summed E-state index contributed by atoms with van der Waals surface area (Å²) in [6.07, 6.45) is 0. The third-order valence-corrected chi connectivity index (χ3v) is 2.22. The van der Waals surface area contributed by atoms with Gasteiger partial charge in [-0.2, -0.15) is 0 Å². The van der Waals surface area contributed by atoms with E-state index in [9.17, 15) is 4.79 Å². The monoisotopic (exact) mass is 168 g/mol. The molecule has 0 spiro atoms. The van der Waals surface area contributed by atoms with Crippen LogP contribution in [-0.2, 0) is 29.9 Å². The molecule has 0 heterocycles. The van der Waals surface area contributed by atoms with E-state index in [0.29, 0.717) is 0 Å². The highest BCUT2D eigenvalue weighted by Gasteiger charge is 1.91. The zero-order valence-electron chi connectivity index (χ0n) is 4.12. The zero-order chi connectivity index (χ0) is 6.57. The van der Waals surface area contributed by atoms with Gasteiger partial charge < -0.3 is 4.18 Å². The highest BCUT2D eigenvalue weighted by atomic mass is 32.8. The fourth-order valence-electron chi connectivity index (χ4n) is 0.135. The molecule has 1 atom stereocenters. The first-order valence-corrected chi connectivity index (χ1v) is 4.32. The lowest BCUT2D eigenvalue weighted by molar-refractivity contribution is -0.130. The van der Waals surface area contributed by atoms with Crippen molar-refractivity contribution in [2.24, 2.45) is 0 Å². The smallest absolute Gasteiger partial charge is 0.315 e. The Morgan fingerprint density at radius 2 is 2.38 bits per heavy atom. The van der Waals surface area contributed by atoms with E-state index in [4.69, 9.17) is 0 Å². The predicted octanol–water partition coefficient (Wildman–Crippen LogP) is 0.502. The standard InChI is InChI=1S/C3H4O2S3/c1-3(4)5-8(7)2-6/h2H,1H3. The highest BCUT2D eigenvalue weighted by Crippen LogP contribution is 1.81. The van der Waals surface area contributed by atoms with Crippen LogP contribution < -0.4 is 0 Å². The normalized spacial score (nSPS) is 12.1. The second-order valence-electron chi connectivity index (χ2n) is 0.932. The van der Waals surface area contributed by atoms with Gasteiger partial charge in [-0.25, -0.2) is 0 Å². The molecule has 0 radical (unpaired) electrons. The molecule has 0 amide bonds. The van der Waals surface area contributed by atoms with Crippen LogP contribution >= 0.6 is 12.2 Å². The summed E-state index contributed by atoms with van der Waals surface area (Å²) in [7, 11) is -0.883. The first kappa shape index (κ1) is 8.13. The van der Waals surface area contributed by atoms with Crippen molar-refractivity contribution >= 4 is 43.8 Å². The molecule has 0 aromatic heterocycles. The highest BCUT2D eigenvalue weighted by molar-refractivity contribution is 8.37. The fraction of sp³-hybridized carbons (Fsp3) is 0.333. The summed E-state index contributed by atoms with van der Waals surface area (Å²) >= 11 is 8.94. The van der Waals surface area contributed by atoms with Gasteiger partial charge in [-0.3, -0.25) is 4.79 Å². The number of thiocarbonyl (C=S) groups is 1. The average Bonchev–Trinajstić information content (AvgIpc) is 1.65. The van der Waals surface area contributed by atoms with Crippen molar-refractivity contribution in [3.63, 3.8) is 0 Å². The molecule has 5 heteroatoms. The third-order valence-electron chi connectivity index (χ3n) is 0.278. The van der Waals surface area contributed by atoms with Gasteiger partial charge in [-0.1, -0.05) is 12.2 Å². The molecule has 0 aliphatic carbocycles. The summed E-state index contributed by atoms with van der Waals surface area (Å²) in [5.74, 6) is -0.385. The number of hydrogen-bond donors (Lipinski definition) is 0. The maximum absolute atomic E-state index is 10.1. The zero-order valence-corrected chi connectivity index (χ0v) is 6.57. The minimum absolute atomic E-state index is 0.385. The lowest BCUT2D eigenvalue weighted by Gasteiger charge is -1.92. The molecule has 0 aliphatic heterocycles. The largest absolute Gasteiger partial charge is 0.384 e. The lowest BCUT2D eigenvalue weighted by Crippen LogP contribution is -2.00. The maximum atomic E-state index is 10.1. The first-order chi connectivity index (χ1) is 3.66. The molecular formula is C3H4O2S3. The van der Waals surface area contributed by atoms with Crippen LogP contribution in [-0.4, -0.2) is 10.7 Å². The van der Waals surface area contributed by atoms with E-state index in [1.807, 2.05) is 0 Å². The number of hydrogen-bond acceptors (Lipinski definition) is 4. The van der Waals surface area contributed by atoms with E-state index in [-0.39, 0.29) is 5.97 Å². The van der Waals surface area contributed by atoms with Gasteiger partial charge in [0.2, 0.25) is 0 Å². The lowest BCUT2D eigenvalue weighted by atomic mass is 10.9. The second-order valence-corrected chi connectivity index (χ2v) is 3.37. The van der Waals surface area contributed by atoms with E-state index in [1.165, 1.54) is 11.6 Å². The second kappa shape index (κ2) is 4.05. The van der Waals surface area contributed by atoms with Gasteiger partial charge >= 0.3 is 5.97 Å². The summed E-state index contributed by atoms with van der Waals surface area (Å²) in [6, 6.07) is 0. The van der Waals surface area contributed by atoms with Crippen molar-refractivity contribution in [2.45, 2.75) is 6.92 Å². The molecule has 0 bridgehead atoms. The predicted molar refractivity (Wildman–Crippen MR) is 40.2 cm³/mol. The molecule has 0 saturated heterocycles. The van der Waals surface area contributed by atoms with Crippen molar-refractivity contribution in [1.29, 1.82) is 0 Å². The molecule has 0 aromatic carbocycles. The maximum Gasteiger partial charge on any atom is 0.315 e. The van der Waals surface area contributed by atoms with Crippen LogP contribution in [0.25, 0.3) is 0 Å². The summed E-state index contributed by atoms with van der Waals surface area (Å²) < 4.78 is 5.69. The molecule has 46 valence electrons. The molecule has 8 heavy (non-hydrogen) atoms. The Bertz CT molecular complexity index is 130. The van der Waals surface area contributed by atoms with Crippen molar-refractivity contribution in [1.82, 2.24) is 0 Å². The van der Waals surface area contributed by atoms with Gasteiger partial charge in [0.25, 0.3) is 0 Å². The van der Waals surface area contributed by atoms with Gasteiger partial charge in [0.15, 0.2) is 0 Å². The van der Waals surface area contributed by atoms with Crippen LogP contribution in [0.1, 0.15) is 6.92 Å². The molecule has 0 saturated carbocycles. The molecule has 0 N–H and O–H groups in total. The fourth-order valence-corrected chi connectivity index (χ4v) is 0.811. The van der Waals surface area contributed by atoms with Crippen LogP contribution in [0.3, 0.4) is 0 Å². The van der Waals surface area contributed by atoms with Crippen LogP contribution in [0, 0.1) is 0 Å². The first-order valence-electron chi connectivity index (χ1n) is 1.71. The van der Waals surface area contributed by atoms with E-state index >= 15 is 0 Å². The number of carbonyl (C=O) groups excluding carboxylic acids is 1. The van der Waals surface area contributed by atoms with Crippen molar-refractivity contribution in [2.75, 3.05) is 0 Å². The van der Waals surface area contributed by atoms with Crippen LogP contribution in [0.2, 0.25) is 0 Å². The topological polar surface area (TPSA) is 26.3 Å². The van der Waals surface area contributed by atoms with E-state index < -0.39 is 9.74 Å². The molecule has 0 fully saturated rings. The summed E-state index contributed by atoms with van der Waals surface area (Å²) in [6.45, 7) is 1.30. The minimum atomic E-state index is -0.883. The Morgan fingerprint density at radius 1 is 1.88 bits per heavy atom. The van der Waals surface area contributed by atoms with Crippen molar-refractivity contribution < 1.29 is 8.98 Å². The molecule has 0 rings (SSSR count). The van der Waals surface area contributed by atoms with Gasteiger partial charge in [0.05, 0.1) is 14.4 Å². The van der Waals surface area contributed by atoms with Crippen LogP contribution in [0.15, 0.2) is 0 Å². The molecule has 1 unspecified atom stereocenters. The van der Waals surface area contributed by atoms with Crippen LogP contribution in [0.4, 0.5) is 0 Å². The quantitative estimate of drug-likeness (QED) is 0.561. The van der Waals surface area contributed by atoms with Gasteiger partial charge in [-0.05, 0) is 11.2 Å². The summed E-state index contributed by atoms with van der Waals surface area (Å²) in [5.41, 5.74) is 0. The Hall–Kier alpha value is 0.130. The SMILES string of the molecule is CC(=O)OS(=S)C=S. The Balaban J connectivity index is 3.55. The Labute approximate surface area is 60.0 Å². The molecule has 0 aliphatic rings. The Morgan fingerprint density at radius 3 is 2.50 bits per heavy atom. The van der Waals surface area contributed by atoms with Crippen molar-refractivity contribution in [3.8, 4) is 0 Å². The number of rotatable bonds is 2. The molecular weight excluding hydrogens is 164 g/mol. The van der Waals surface area contributed by atoms with Gasteiger partial charge in [-0.15, -0.1) is 0 Å². The van der Waals surface area contributed by atoms with E-state index in [0.717, 1.165) is 0 Å². The Kier molecular flexibility index (Phi) is 4.12. The average molecular weight is 168 g/mol. The molecule has 2 nitrogen and oxygen atoms in total. The van der Waals surface area contributed by atoms with Gasteiger partial charge in [0.1, 0.15) is 0 Å². The van der Waals surface area contributed by atoms with E-state index in [1.54, 1.807) is 0 Å². The summed E-state index contributed by atoms with van der Waals surface area (Å²) in [5, 5.41) is 0. The number of carbonyl (C=O) groups is 1. The third kappa shape index (κ3) is 4.29. The van der Waals surface area contributed by atoms with E-state index in [2.05, 4.69) is 27.6 Å².